The first-order chi connectivity index (χ1) is 10.6. The molecule has 1 aliphatic rings. The van der Waals surface area contributed by atoms with Crippen molar-refractivity contribution in [3.63, 3.8) is 0 Å². The Morgan fingerprint density at radius 2 is 1.87 bits per heavy atom. The van der Waals surface area contributed by atoms with Crippen molar-refractivity contribution in [2.75, 3.05) is 13.1 Å². The average Bonchev–Trinajstić information content (AvgIpc) is 2.46. The second kappa shape index (κ2) is 6.19. The van der Waals surface area contributed by atoms with Crippen molar-refractivity contribution in [1.82, 2.24) is 10.2 Å². The lowest BCUT2D eigenvalue weighted by Gasteiger charge is -2.35. The van der Waals surface area contributed by atoms with Crippen LogP contribution in [0.3, 0.4) is 0 Å². The van der Waals surface area contributed by atoms with E-state index >= 15 is 0 Å². The third-order valence-electron chi connectivity index (χ3n) is 3.15. The number of rotatable bonds is 2. The molecular weight excluding hydrogens is 320 g/mol. The smallest absolute Gasteiger partial charge is 0.411 e. The molecule has 1 aromatic rings. The van der Waals surface area contributed by atoms with E-state index in [1.165, 1.54) is 12.1 Å². The molecule has 1 atom stereocenters. The van der Waals surface area contributed by atoms with Gasteiger partial charge in [-0.2, -0.15) is 0 Å². The van der Waals surface area contributed by atoms with E-state index in [0.717, 1.165) is 4.90 Å². The van der Waals surface area contributed by atoms with E-state index in [9.17, 15) is 18.0 Å². The third-order valence-corrected chi connectivity index (χ3v) is 5.14. The van der Waals surface area contributed by atoms with Crippen LogP contribution in [0.5, 0.6) is 0 Å². The maximum absolute atomic E-state index is 12.8. The van der Waals surface area contributed by atoms with Crippen LogP contribution in [0.25, 0.3) is 0 Å². The largest absolute Gasteiger partial charge is 0.444 e. The Kier molecular flexibility index (Phi) is 4.65. The summed E-state index contributed by atoms with van der Waals surface area (Å²) in [6, 6.07) is 7.58. The van der Waals surface area contributed by atoms with Gasteiger partial charge in [0.25, 0.3) is 5.91 Å². The van der Waals surface area contributed by atoms with Crippen LogP contribution >= 0.6 is 0 Å². The predicted octanol–water partition coefficient (Wildman–Crippen LogP) is 1.15. The fourth-order valence-electron chi connectivity index (χ4n) is 2.20. The molecule has 0 saturated carbocycles. The Morgan fingerprint density at radius 1 is 1.26 bits per heavy atom. The lowest BCUT2D eigenvalue weighted by molar-refractivity contribution is -0.125. The van der Waals surface area contributed by atoms with Crippen LogP contribution in [0, 0.1) is 0 Å². The van der Waals surface area contributed by atoms with Gasteiger partial charge in [-0.15, -0.1) is 0 Å². The van der Waals surface area contributed by atoms with Gasteiger partial charge in [0.15, 0.2) is 0 Å². The van der Waals surface area contributed by atoms with Gasteiger partial charge >= 0.3 is 6.09 Å². The Morgan fingerprint density at radius 3 is 2.43 bits per heavy atom. The molecule has 1 N–H and O–H groups in total. The number of piperazine rings is 1. The molecule has 8 heteroatoms. The summed E-state index contributed by atoms with van der Waals surface area (Å²) in [6.07, 6.45) is -0.822. The van der Waals surface area contributed by atoms with Gasteiger partial charge in [-0.05, 0) is 32.9 Å². The van der Waals surface area contributed by atoms with Crippen LogP contribution in [0.1, 0.15) is 20.8 Å². The standard InChI is InChI=1S/C15H20N2O5S/c1-15(2,3)22-14(19)17-10-9-16-12(18)13(17)23(20,21)11-7-5-4-6-8-11/h4-8,13H,9-10H2,1-3H3,(H,16,18). The van der Waals surface area contributed by atoms with Crippen molar-refractivity contribution >= 4 is 21.8 Å². The van der Waals surface area contributed by atoms with Crippen molar-refractivity contribution in [2.24, 2.45) is 0 Å². The molecule has 23 heavy (non-hydrogen) atoms. The van der Waals surface area contributed by atoms with Gasteiger partial charge in [0.1, 0.15) is 5.60 Å². The Hall–Kier alpha value is -2.09. The molecule has 2 amide bonds. The number of nitrogens with zero attached hydrogens (tertiary/aromatic N) is 1. The minimum absolute atomic E-state index is 0.0180. The molecule has 1 unspecified atom stereocenters. The lowest BCUT2D eigenvalue weighted by Crippen LogP contribution is -2.60. The summed E-state index contributed by atoms with van der Waals surface area (Å²) in [5, 5.41) is 0.857. The molecule has 126 valence electrons. The summed E-state index contributed by atoms with van der Waals surface area (Å²) in [5.74, 6) is -0.731. The Bertz CT molecular complexity index is 694. The number of carbonyl (C=O) groups is 2. The van der Waals surface area contributed by atoms with Gasteiger partial charge in [-0.25, -0.2) is 13.2 Å². The molecule has 2 rings (SSSR count). The summed E-state index contributed by atoms with van der Waals surface area (Å²) >= 11 is 0. The SMILES string of the molecule is CC(C)(C)OC(=O)N1CCNC(=O)C1S(=O)(=O)c1ccccc1. The third kappa shape index (κ3) is 3.82. The van der Waals surface area contributed by atoms with E-state index in [1.807, 2.05) is 0 Å². The van der Waals surface area contributed by atoms with Crippen LogP contribution in [0.4, 0.5) is 4.79 Å². The van der Waals surface area contributed by atoms with Crippen LogP contribution in [0.15, 0.2) is 35.2 Å². The number of hydrogen-bond acceptors (Lipinski definition) is 5. The maximum Gasteiger partial charge on any atom is 0.411 e. The van der Waals surface area contributed by atoms with Crippen molar-refractivity contribution in [1.29, 1.82) is 0 Å². The minimum atomic E-state index is -4.05. The highest BCUT2D eigenvalue weighted by Crippen LogP contribution is 2.22. The number of sulfone groups is 1. The first kappa shape index (κ1) is 17.3. The highest BCUT2D eigenvalue weighted by atomic mass is 32.2. The van der Waals surface area contributed by atoms with Crippen LogP contribution in [-0.2, 0) is 19.4 Å². The van der Waals surface area contributed by atoms with E-state index in [2.05, 4.69) is 5.32 Å². The highest BCUT2D eigenvalue weighted by molar-refractivity contribution is 7.92. The Labute approximate surface area is 135 Å². The normalized spacial score (nSPS) is 19.2. The Balaban J connectivity index is 2.39. The summed E-state index contributed by atoms with van der Waals surface area (Å²) in [4.78, 5) is 25.4. The van der Waals surface area contributed by atoms with Gasteiger partial charge < -0.3 is 10.1 Å². The number of benzene rings is 1. The van der Waals surface area contributed by atoms with Gasteiger partial charge in [0.2, 0.25) is 15.2 Å². The first-order valence-corrected chi connectivity index (χ1v) is 8.74. The van der Waals surface area contributed by atoms with Gasteiger partial charge in [0.05, 0.1) is 4.90 Å². The van der Waals surface area contributed by atoms with Crippen LogP contribution < -0.4 is 5.32 Å². The van der Waals surface area contributed by atoms with Crippen LogP contribution in [0.2, 0.25) is 0 Å². The summed E-state index contributed by atoms with van der Waals surface area (Å²) in [6.45, 7) is 5.27. The molecule has 7 nitrogen and oxygen atoms in total. The molecule has 0 aliphatic carbocycles. The predicted molar refractivity (Wildman–Crippen MR) is 83.4 cm³/mol. The second-order valence-electron chi connectivity index (χ2n) is 6.18. The molecule has 1 aromatic carbocycles. The van der Waals surface area contributed by atoms with E-state index in [-0.39, 0.29) is 18.0 Å². The zero-order valence-electron chi connectivity index (χ0n) is 13.3. The molecule has 1 aliphatic heterocycles. The van der Waals surface area contributed by atoms with E-state index < -0.39 is 32.8 Å². The topological polar surface area (TPSA) is 92.8 Å². The van der Waals surface area contributed by atoms with Crippen molar-refractivity contribution < 1.29 is 22.7 Å². The number of hydrogen-bond donors (Lipinski definition) is 1. The zero-order valence-corrected chi connectivity index (χ0v) is 14.1. The quantitative estimate of drug-likeness (QED) is 0.872. The minimum Gasteiger partial charge on any atom is -0.444 e. The van der Waals surface area contributed by atoms with Gasteiger partial charge in [0, 0.05) is 13.1 Å². The molecule has 0 bridgehead atoms. The molecule has 1 heterocycles. The van der Waals surface area contributed by atoms with E-state index in [0.29, 0.717) is 0 Å². The molecule has 0 spiro atoms. The van der Waals surface area contributed by atoms with Crippen LogP contribution in [-0.4, -0.2) is 49.4 Å². The van der Waals surface area contributed by atoms with Crippen molar-refractivity contribution in [3.8, 4) is 0 Å². The number of ether oxygens (including phenoxy) is 1. The number of amides is 2. The van der Waals surface area contributed by atoms with E-state index in [4.69, 9.17) is 4.74 Å². The van der Waals surface area contributed by atoms with Crippen molar-refractivity contribution in [2.45, 2.75) is 36.6 Å². The van der Waals surface area contributed by atoms with Gasteiger partial charge in [-0.1, -0.05) is 18.2 Å². The maximum atomic E-state index is 12.8. The summed E-state index contributed by atoms with van der Waals surface area (Å²) in [5.41, 5.74) is -0.786. The molecule has 1 fully saturated rings. The fourth-order valence-corrected chi connectivity index (χ4v) is 3.89. The zero-order chi connectivity index (χ0) is 17.3. The number of nitrogens with one attached hydrogen (secondary N) is 1. The highest BCUT2D eigenvalue weighted by Gasteiger charge is 2.44. The molecule has 1 saturated heterocycles. The molecule has 0 radical (unpaired) electrons. The second-order valence-corrected chi connectivity index (χ2v) is 8.18. The number of carbonyl (C=O) groups excluding carboxylic acids is 2. The van der Waals surface area contributed by atoms with Crippen molar-refractivity contribution in [3.05, 3.63) is 30.3 Å². The summed E-state index contributed by atoms with van der Waals surface area (Å²) < 4.78 is 30.8. The molecule has 0 aromatic heterocycles. The lowest BCUT2D eigenvalue weighted by atomic mass is 10.2. The van der Waals surface area contributed by atoms with E-state index in [1.54, 1.807) is 39.0 Å². The monoisotopic (exact) mass is 340 g/mol. The first-order valence-electron chi connectivity index (χ1n) is 7.19. The van der Waals surface area contributed by atoms with Gasteiger partial charge in [-0.3, -0.25) is 9.69 Å². The summed E-state index contributed by atoms with van der Waals surface area (Å²) in [7, 11) is -4.05. The molecular formula is C15H20N2O5S. The average molecular weight is 340 g/mol. The fraction of sp³-hybridized carbons (Fsp3) is 0.467.